The van der Waals surface area contributed by atoms with E-state index < -0.39 is 24.3 Å². The maximum Gasteiger partial charge on any atom is 0.361 e. The molecule has 0 amide bonds. The summed E-state index contributed by atoms with van der Waals surface area (Å²) in [5, 5.41) is 9.61. The fraction of sp³-hybridized carbons (Fsp3) is 0.756. The third-order valence-corrected chi connectivity index (χ3v) is 8.85. The number of ether oxygens (including phenoxy) is 4. The van der Waals surface area contributed by atoms with Gasteiger partial charge in [-0.2, -0.15) is 0 Å². The third-order valence-electron chi connectivity index (χ3n) is 8.85. The van der Waals surface area contributed by atoms with Crippen LogP contribution in [-0.4, -0.2) is 87.4 Å². The van der Waals surface area contributed by atoms with Gasteiger partial charge in [-0.3, -0.25) is 9.59 Å². The van der Waals surface area contributed by atoms with Crippen molar-refractivity contribution in [3.05, 3.63) is 48.6 Å². The second-order valence-corrected chi connectivity index (χ2v) is 15.3. The normalized spacial score (nSPS) is 13.4. The standard InChI is InChI=1S/C45H79NO8/c1-6-8-10-12-14-16-18-19-20-21-22-23-24-25-26-28-30-32-34-36-43(48)54-41(40-53-45(44(49)50)51-38-37-46(3,4)5)39-52-42(47)35-33-31-29-27-17-15-13-11-9-7-2/h8,10,14,16,19-20,22-23,41,45H,6-7,9,11-13,15,17-18,21,24-40H2,1-5H3/p+1/b10-8-,16-14-,20-19-,23-22-. The predicted molar refractivity (Wildman–Crippen MR) is 221 cm³/mol. The summed E-state index contributed by atoms with van der Waals surface area (Å²) in [6.45, 7) is 4.71. The number of likely N-dealkylation sites (N-methyl/N-ethyl adjacent to an activating group) is 1. The van der Waals surface area contributed by atoms with Crippen LogP contribution in [0.3, 0.4) is 0 Å². The number of carbonyl (C=O) groups is 3. The van der Waals surface area contributed by atoms with E-state index in [9.17, 15) is 19.5 Å². The summed E-state index contributed by atoms with van der Waals surface area (Å²) < 4.78 is 22.6. The molecule has 0 aromatic rings. The minimum Gasteiger partial charge on any atom is -0.477 e. The Morgan fingerprint density at radius 1 is 0.574 bits per heavy atom. The molecule has 312 valence electrons. The Morgan fingerprint density at radius 3 is 1.57 bits per heavy atom. The molecule has 0 aliphatic rings. The second-order valence-electron chi connectivity index (χ2n) is 15.3. The molecule has 0 spiro atoms. The summed E-state index contributed by atoms with van der Waals surface area (Å²) >= 11 is 0. The monoisotopic (exact) mass is 763 g/mol. The van der Waals surface area contributed by atoms with Crippen LogP contribution in [0.5, 0.6) is 0 Å². The van der Waals surface area contributed by atoms with Crippen molar-refractivity contribution < 1.29 is 42.9 Å². The smallest absolute Gasteiger partial charge is 0.361 e. The van der Waals surface area contributed by atoms with Gasteiger partial charge in [0.15, 0.2) is 6.10 Å². The van der Waals surface area contributed by atoms with E-state index in [0.29, 0.717) is 23.9 Å². The molecular weight excluding hydrogens is 682 g/mol. The number of unbranched alkanes of at least 4 members (excludes halogenated alkanes) is 15. The number of rotatable bonds is 38. The molecule has 0 bridgehead atoms. The van der Waals surface area contributed by atoms with Gasteiger partial charge < -0.3 is 28.5 Å². The largest absolute Gasteiger partial charge is 0.477 e. The third kappa shape index (κ3) is 37.6. The number of hydrogen-bond donors (Lipinski definition) is 1. The molecule has 0 aliphatic heterocycles. The molecule has 0 saturated carbocycles. The van der Waals surface area contributed by atoms with Crippen molar-refractivity contribution in [1.82, 2.24) is 0 Å². The van der Waals surface area contributed by atoms with Gasteiger partial charge in [-0.25, -0.2) is 4.79 Å². The van der Waals surface area contributed by atoms with Gasteiger partial charge in [0.05, 0.1) is 34.4 Å². The SMILES string of the molecule is CC/C=C\C/C=C\C/C=C\C/C=C\CCCCCCCCC(=O)OC(COC(=O)CCCCCCCCCCCC)COC(OCC[N+](C)(C)C)C(=O)O. The van der Waals surface area contributed by atoms with Gasteiger partial charge in [0, 0.05) is 12.8 Å². The Bertz CT molecular complexity index is 1030. The lowest BCUT2D eigenvalue weighted by Crippen LogP contribution is -2.40. The first-order valence-corrected chi connectivity index (χ1v) is 21.3. The van der Waals surface area contributed by atoms with E-state index >= 15 is 0 Å². The zero-order chi connectivity index (χ0) is 40.0. The molecular formula is C45H80NO8+. The van der Waals surface area contributed by atoms with E-state index in [2.05, 4.69) is 62.5 Å². The van der Waals surface area contributed by atoms with Crippen LogP contribution in [0.2, 0.25) is 0 Å². The molecule has 0 aliphatic carbocycles. The molecule has 0 aromatic heterocycles. The molecule has 0 radical (unpaired) electrons. The summed E-state index contributed by atoms with van der Waals surface area (Å²) in [7, 11) is 5.94. The number of hydrogen-bond acceptors (Lipinski definition) is 7. The average Bonchev–Trinajstić information content (AvgIpc) is 3.12. The zero-order valence-electron chi connectivity index (χ0n) is 35.1. The van der Waals surface area contributed by atoms with E-state index in [-0.39, 0.29) is 32.2 Å². The summed E-state index contributed by atoms with van der Waals surface area (Å²) in [5.41, 5.74) is 0. The topological polar surface area (TPSA) is 108 Å². The number of esters is 2. The predicted octanol–water partition coefficient (Wildman–Crippen LogP) is 10.8. The first-order valence-electron chi connectivity index (χ1n) is 21.3. The molecule has 0 fully saturated rings. The number of carboxylic acid groups (broad SMARTS) is 1. The first-order chi connectivity index (χ1) is 26.1. The maximum atomic E-state index is 12.7. The van der Waals surface area contributed by atoms with Crippen LogP contribution in [0.25, 0.3) is 0 Å². The molecule has 0 saturated heterocycles. The highest BCUT2D eigenvalue weighted by molar-refractivity contribution is 5.71. The zero-order valence-corrected chi connectivity index (χ0v) is 35.1. The van der Waals surface area contributed by atoms with Crippen LogP contribution in [0.15, 0.2) is 48.6 Å². The summed E-state index contributed by atoms with van der Waals surface area (Å²) in [4.78, 5) is 37.0. The average molecular weight is 763 g/mol. The lowest BCUT2D eigenvalue weighted by Gasteiger charge is -2.25. The molecule has 0 heterocycles. The second kappa shape index (κ2) is 37.2. The minimum absolute atomic E-state index is 0.184. The molecule has 2 atom stereocenters. The van der Waals surface area contributed by atoms with Gasteiger partial charge in [0.25, 0.3) is 6.29 Å². The highest BCUT2D eigenvalue weighted by atomic mass is 16.7. The number of quaternary nitrogens is 1. The lowest BCUT2D eigenvalue weighted by molar-refractivity contribution is -0.870. The molecule has 54 heavy (non-hydrogen) atoms. The number of allylic oxidation sites excluding steroid dienone is 8. The van der Waals surface area contributed by atoms with Crippen molar-refractivity contribution in [2.75, 3.05) is 47.5 Å². The Labute approximate surface area is 330 Å². The van der Waals surface area contributed by atoms with Gasteiger partial charge in [0.2, 0.25) is 0 Å². The van der Waals surface area contributed by atoms with Gasteiger partial charge >= 0.3 is 17.9 Å². The Hall–Kier alpha value is -2.75. The quantitative estimate of drug-likeness (QED) is 0.0218. The number of carbonyl (C=O) groups excluding carboxylic acids is 2. The van der Waals surface area contributed by atoms with Crippen molar-refractivity contribution >= 4 is 17.9 Å². The van der Waals surface area contributed by atoms with Gasteiger partial charge in [0.1, 0.15) is 13.2 Å². The molecule has 1 N–H and O–H groups in total. The van der Waals surface area contributed by atoms with E-state index in [1.807, 2.05) is 21.1 Å². The Balaban J connectivity index is 4.47. The number of aliphatic carboxylic acids is 1. The molecule has 9 nitrogen and oxygen atoms in total. The van der Waals surface area contributed by atoms with Crippen molar-refractivity contribution in [2.45, 2.75) is 174 Å². The van der Waals surface area contributed by atoms with Crippen molar-refractivity contribution in [3.8, 4) is 0 Å². The fourth-order valence-corrected chi connectivity index (χ4v) is 5.53. The Morgan fingerprint density at radius 2 is 1.06 bits per heavy atom. The highest BCUT2D eigenvalue weighted by Crippen LogP contribution is 2.13. The lowest BCUT2D eigenvalue weighted by atomic mass is 10.1. The van der Waals surface area contributed by atoms with Crippen LogP contribution in [0.1, 0.15) is 162 Å². The van der Waals surface area contributed by atoms with Crippen LogP contribution in [-0.2, 0) is 33.3 Å². The number of carboxylic acids is 1. The van der Waals surface area contributed by atoms with E-state index in [4.69, 9.17) is 18.9 Å². The molecule has 2 unspecified atom stereocenters. The molecule has 9 heteroatoms. The van der Waals surface area contributed by atoms with Gasteiger partial charge in [-0.05, 0) is 51.4 Å². The Kier molecular flexibility index (Phi) is 35.3. The maximum absolute atomic E-state index is 12.7. The fourth-order valence-electron chi connectivity index (χ4n) is 5.53. The van der Waals surface area contributed by atoms with E-state index in [1.165, 1.54) is 44.9 Å². The van der Waals surface area contributed by atoms with Crippen molar-refractivity contribution in [1.29, 1.82) is 0 Å². The van der Waals surface area contributed by atoms with Crippen molar-refractivity contribution in [2.24, 2.45) is 0 Å². The minimum atomic E-state index is -1.51. The summed E-state index contributed by atoms with van der Waals surface area (Å²) in [5.74, 6) is -2.03. The van der Waals surface area contributed by atoms with Gasteiger partial charge in [-0.15, -0.1) is 0 Å². The molecule has 0 aromatic carbocycles. The van der Waals surface area contributed by atoms with Gasteiger partial charge in [-0.1, -0.05) is 146 Å². The first kappa shape index (κ1) is 51.2. The van der Waals surface area contributed by atoms with E-state index in [0.717, 1.165) is 83.5 Å². The van der Waals surface area contributed by atoms with Crippen molar-refractivity contribution in [3.63, 3.8) is 0 Å². The van der Waals surface area contributed by atoms with E-state index in [1.54, 1.807) is 0 Å². The number of nitrogens with zero attached hydrogens (tertiary/aromatic N) is 1. The molecule has 0 rings (SSSR count). The summed E-state index contributed by atoms with van der Waals surface area (Å²) in [6, 6.07) is 0. The van der Waals surface area contributed by atoms with Crippen LogP contribution in [0, 0.1) is 0 Å². The summed E-state index contributed by atoms with van der Waals surface area (Å²) in [6.07, 6.45) is 38.8. The highest BCUT2D eigenvalue weighted by Gasteiger charge is 2.25. The van der Waals surface area contributed by atoms with Crippen LogP contribution < -0.4 is 0 Å². The van der Waals surface area contributed by atoms with Crippen LogP contribution >= 0.6 is 0 Å². The van der Waals surface area contributed by atoms with Crippen LogP contribution in [0.4, 0.5) is 0 Å².